The number of benzene rings is 2. The molecule has 1 saturated heterocycles. The molecular weight excluding hydrogens is 470 g/mol. The Morgan fingerprint density at radius 2 is 2.06 bits per heavy atom. The zero-order valence-corrected chi connectivity index (χ0v) is 18.9. The fraction of sp³-hybridized carbons (Fsp3) is 0.238. The van der Waals surface area contributed by atoms with Crippen molar-refractivity contribution >= 4 is 62.6 Å². The molecule has 3 aromatic rings. The number of hydrogen-bond donors (Lipinski definition) is 2. The van der Waals surface area contributed by atoms with Gasteiger partial charge in [-0.25, -0.2) is 14.6 Å². The molecule has 0 unspecified atom stereocenters. The molecule has 0 spiro atoms. The summed E-state index contributed by atoms with van der Waals surface area (Å²) in [5, 5.41) is 3.51. The van der Waals surface area contributed by atoms with Crippen LogP contribution in [0.3, 0.4) is 0 Å². The highest BCUT2D eigenvalue weighted by molar-refractivity contribution is 7.20. The molecule has 12 heteroatoms. The summed E-state index contributed by atoms with van der Waals surface area (Å²) in [6.45, 7) is 1.53. The van der Waals surface area contributed by atoms with E-state index in [0.29, 0.717) is 41.6 Å². The number of fused-ring (bicyclic) bond motifs is 1. The second-order valence-corrected chi connectivity index (χ2v) is 8.50. The maximum atomic E-state index is 13.2. The summed E-state index contributed by atoms with van der Waals surface area (Å²) < 4.78 is 10.8. The number of aromatic nitrogens is 1. The van der Waals surface area contributed by atoms with E-state index in [1.165, 1.54) is 4.90 Å². The van der Waals surface area contributed by atoms with Gasteiger partial charge in [0.05, 0.1) is 16.8 Å². The summed E-state index contributed by atoms with van der Waals surface area (Å²) in [4.78, 5) is 43.8. The summed E-state index contributed by atoms with van der Waals surface area (Å²) in [7, 11) is 0. The van der Waals surface area contributed by atoms with Crippen molar-refractivity contribution in [2.45, 2.75) is 0 Å². The number of nitrogens with one attached hydrogen (secondary N) is 1. The third-order valence-electron chi connectivity index (χ3n) is 4.87. The SMILES string of the molecule is NC(=O)Oc1nc2cc(N(CCN3CCOCC3=O)C(=O)Nc3ccc(Cl)cc3)ccc2s1. The fourth-order valence-corrected chi connectivity index (χ4v) is 4.20. The number of nitrogens with two attached hydrogens (primary N) is 1. The van der Waals surface area contributed by atoms with E-state index in [2.05, 4.69) is 10.3 Å². The Balaban J connectivity index is 1.58. The molecule has 1 aliphatic heterocycles. The predicted octanol–water partition coefficient (Wildman–Crippen LogP) is 3.30. The number of urea groups is 1. The first kappa shape index (κ1) is 22.8. The minimum absolute atomic E-state index is 0.0321. The van der Waals surface area contributed by atoms with Crippen LogP contribution >= 0.6 is 22.9 Å². The number of anilines is 2. The van der Waals surface area contributed by atoms with Gasteiger partial charge < -0.3 is 25.4 Å². The number of carbonyl (C=O) groups is 3. The summed E-state index contributed by atoms with van der Waals surface area (Å²) in [6, 6.07) is 11.6. The number of ether oxygens (including phenoxy) is 2. The molecular formula is C21H20ClN5O5S. The average molecular weight is 490 g/mol. The van der Waals surface area contributed by atoms with Crippen LogP contribution in [0.2, 0.25) is 5.02 Å². The van der Waals surface area contributed by atoms with Gasteiger partial charge >= 0.3 is 12.1 Å². The Hall–Kier alpha value is -3.41. The van der Waals surface area contributed by atoms with E-state index in [-0.39, 0.29) is 30.3 Å². The van der Waals surface area contributed by atoms with E-state index in [1.807, 2.05) is 0 Å². The van der Waals surface area contributed by atoms with Gasteiger partial charge in [0, 0.05) is 36.0 Å². The zero-order chi connectivity index (χ0) is 23.4. The first-order valence-corrected chi connectivity index (χ1v) is 11.2. The molecule has 0 aliphatic carbocycles. The Morgan fingerprint density at radius 3 is 2.79 bits per heavy atom. The van der Waals surface area contributed by atoms with Crippen molar-refractivity contribution in [1.82, 2.24) is 9.88 Å². The number of amides is 4. The lowest BCUT2D eigenvalue weighted by molar-refractivity contribution is -0.142. The van der Waals surface area contributed by atoms with Crippen LogP contribution in [0.15, 0.2) is 42.5 Å². The summed E-state index contributed by atoms with van der Waals surface area (Å²) in [5.41, 5.74) is 6.74. The van der Waals surface area contributed by atoms with Crippen molar-refractivity contribution in [2.24, 2.45) is 5.73 Å². The van der Waals surface area contributed by atoms with Gasteiger partial charge in [-0.3, -0.25) is 9.69 Å². The van der Waals surface area contributed by atoms with Gasteiger partial charge in [-0.15, -0.1) is 0 Å². The topological polar surface area (TPSA) is 127 Å². The van der Waals surface area contributed by atoms with Crippen LogP contribution in [0.25, 0.3) is 10.2 Å². The molecule has 0 atom stereocenters. The molecule has 4 amide bonds. The number of thiazole rings is 1. The van der Waals surface area contributed by atoms with E-state index < -0.39 is 6.09 Å². The van der Waals surface area contributed by atoms with Crippen LogP contribution in [0.5, 0.6) is 5.19 Å². The number of hydrogen-bond acceptors (Lipinski definition) is 7. The molecule has 3 N–H and O–H groups in total. The molecule has 0 bridgehead atoms. The van der Waals surface area contributed by atoms with Gasteiger partial charge in [-0.2, -0.15) is 0 Å². The lowest BCUT2D eigenvalue weighted by Crippen LogP contribution is -2.47. The molecule has 0 radical (unpaired) electrons. The second kappa shape index (κ2) is 10.0. The Bertz CT molecular complexity index is 1190. The minimum atomic E-state index is -0.951. The first-order valence-electron chi connectivity index (χ1n) is 9.96. The molecule has 33 heavy (non-hydrogen) atoms. The maximum absolute atomic E-state index is 13.2. The average Bonchev–Trinajstić information content (AvgIpc) is 3.17. The molecule has 1 fully saturated rings. The summed E-state index contributed by atoms with van der Waals surface area (Å²) >= 11 is 7.09. The van der Waals surface area contributed by atoms with Crippen molar-refractivity contribution in [3.8, 4) is 5.19 Å². The van der Waals surface area contributed by atoms with Crippen LogP contribution < -0.4 is 20.7 Å². The molecule has 172 valence electrons. The lowest BCUT2D eigenvalue weighted by Gasteiger charge is -2.30. The van der Waals surface area contributed by atoms with E-state index >= 15 is 0 Å². The Labute approximate surface area is 197 Å². The molecule has 2 heterocycles. The molecule has 0 saturated carbocycles. The van der Waals surface area contributed by atoms with Gasteiger partial charge in [0.15, 0.2) is 0 Å². The quantitative estimate of drug-likeness (QED) is 0.547. The number of rotatable bonds is 6. The molecule has 1 aromatic heterocycles. The number of carbonyl (C=O) groups excluding carboxylic acids is 3. The maximum Gasteiger partial charge on any atom is 0.411 e. The molecule has 1 aliphatic rings. The van der Waals surface area contributed by atoms with Crippen molar-refractivity contribution < 1.29 is 23.9 Å². The highest BCUT2D eigenvalue weighted by Crippen LogP contribution is 2.31. The minimum Gasteiger partial charge on any atom is -0.381 e. The van der Waals surface area contributed by atoms with Crippen molar-refractivity contribution in [2.75, 3.05) is 43.1 Å². The van der Waals surface area contributed by atoms with Gasteiger partial charge in [0.25, 0.3) is 5.19 Å². The number of morpholine rings is 1. The zero-order valence-electron chi connectivity index (χ0n) is 17.3. The third-order valence-corrected chi connectivity index (χ3v) is 6.04. The van der Waals surface area contributed by atoms with Gasteiger partial charge in [-0.1, -0.05) is 22.9 Å². The van der Waals surface area contributed by atoms with E-state index in [1.54, 1.807) is 47.4 Å². The normalized spacial score (nSPS) is 13.7. The highest BCUT2D eigenvalue weighted by Gasteiger charge is 2.23. The highest BCUT2D eigenvalue weighted by atomic mass is 35.5. The van der Waals surface area contributed by atoms with Crippen LogP contribution in [0.4, 0.5) is 21.0 Å². The molecule has 4 rings (SSSR count). The third kappa shape index (κ3) is 5.69. The molecule has 10 nitrogen and oxygen atoms in total. The number of nitrogens with zero attached hydrogens (tertiary/aromatic N) is 3. The monoisotopic (exact) mass is 489 g/mol. The van der Waals surface area contributed by atoms with Crippen molar-refractivity contribution in [1.29, 1.82) is 0 Å². The standard InChI is InChI=1S/C21H20ClN5O5S/c22-13-1-3-14(4-2-13)24-20(30)27(8-7-26-9-10-31-12-18(26)28)15-5-6-17-16(11-15)25-21(33-17)32-19(23)29/h1-6,11H,7-10,12H2,(H2,23,29)(H,24,30). The smallest absolute Gasteiger partial charge is 0.381 e. The molecule has 2 aromatic carbocycles. The largest absolute Gasteiger partial charge is 0.411 e. The van der Waals surface area contributed by atoms with Gasteiger partial charge in [0.2, 0.25) is 5.91 Å². The Morgan fingerprint density at radius 1 is 1.27 bits per heavy atom. The van der Waals surface area contributed by atoms with Gasteiger partial charge in [-0.05, 0) is 42.5 Å². The van der Waals surface area contributed by atoms with Crippen molar-refractivity contribution in [3.63, 3.8) is 0 Å². The van der Waals surface area contributed by atoms with Crippen LogP contribution in [0, 0.1) is 0 Å². The first-order chi connectivity index (χ1) is 15.9. The Kier molecular flexibility index (Phi) is 6.92. The number of halogens is 1. The second-order valence-electron chi connectivity index (χ2n) is 7.07. The van der Waals surface area contributed by atoms with E-state index in [4.69, 9.17) is 26.8 Å². The number of primary amides is 1. The van der Waals surface area contributed by atoms with E-state index in [9.17, 15) is 14.4 Å². The predicted molar refractivity (Wildman–Crippen MR) is 125 cm³/mol. The van der Waals surface area contributed by atoms with Crippen LogP contribution in [-0.2, 0) is 9.53 Å². The van der Waals surface area contributed by atoms with Crippen LogP contribution in [0.1, 0.15) is 0 Å². The fourth-order valence-electron chi connectivity index (χ4n) is 3.27. The summed E-state index contributed by atoms with van der Waals surface area (Å²) in [6.07, 6.45) is -0.951. The van der Waals surface area contributed by atoms with Crippen molar-refractivity contribution in [3.05, 3.63) is 47.5 Å². The van der Waals surface area contributed by atoms with Crippen LogP contribution in [-0.4, -0.2) is 60.8 Å². The van der Waals surface area contributed by atoms with E-state index in [0.717, 1.165) is 16.0 Å². The summed E-state index contributed by atoms with van der Waals surface area (Å²) in [5.74, 6) is -0.123. The lowest BCUT2D eigenvalue weighted by atomic mass is 10.2. The van der Waals surface area contributed by atoms with Gasteiger partial charge in [0.1, 0.15) is 6.61 Å².